The van der Waals surface area contributed by atoms with Crippen molar-refractivity contribution < 1.29 is 22.7 Å². The lowest BCUT2D eigenvalue weighted by Crippen LogP contribution is -2.37. The predicted molar refractivity (Wildman–Crippen MR) is 111 cm³/mol. The zero-order valence-electron chi connectivity index (χ0n) is 16.5. The highest BCUT2D eigenvalue weighted by atomic mass is 32.2. The number of hydrogen-bond acceptors (Lipinski definition) is 5. The first-order valence-electron chi connectivity index (χ1n) is 8.96. The number of rotatable bonds is 9. The third kappa shape index (κ3) is 6.16. The Morgan fingerprint density at radius 1 is 1.11 bits per heavy atom. The van der Waals surface area contributed by atoms with Crippen LogP contribution in [-0.4, -0.2) is 39.8 Å². The molecule has 0 aromatic heterocycles. The average Bonchev–Trinajstić information content (AvgIpc) is 2.61. The van der Waals surface area contributed by atoms with Gasteiger partial charge in [0, 0.05) is 5.69 Å². The van der Waals surface area contributed by atoms with E-state index in [1.165, 1.54) is 0 Å². The van der Waals surface area contributed by atoms with E-state index in [0.717, 1.165) is 10.6 Å². The Morgan fingerprint density at radius 3 is 2.32 bits per heavy atom. The first kappa shape index (κ1) is 21.6. The molecule has 1 N–H and O–H groups in total. The summed E-state index contributed by atoms with van der Waals surface area (Å²) in [6.07, 6.45) is 1.11. The highest BCUT2D eigenvalue weighted by Crippen LogP contribution is 2.29. The maximum atomic E-state index is 12.5. The van der Waals surface area contributed by atoms with Gasteiger partial charge in [-0.3, -0.25) is 9.10 Å². The highest BCUT2D eigenvalue weighted by Gasteiger charge is 2.24. The van der Waals surface area contributed by atoms with Gasteiger partial charge in [-0.2, -0.15) is 0 Å². The van der Waals surface area contributed by atoms with Crippen LogP contribution >= 0.6 is 0 Å². The summed E-state index contributed by atoms with van der Waals surface area (Å²) in [6, 6.07) is 13.6. The second kappa shape index (κ2) is 9.45. The van der Waals surface area contributed by atoms with E-state index in [4.69, 9.17) is 9.47 Å². The molecule has 0 bridgehead atoms. The molecule has 8 heteroatoms. The normalized spacial score (nSPS) is 11.2. The summed E-state index contributed by atoms with van der Waals surface area (Å²) in [4.78, 5) is 12.5. The van der Waals surface area contributed by atoms with Crippen molar-refractivity contribution in [3.05, 3.63) is 48.5 Å². The summed E-state index contributed by atoms with van der Waals surface area (Å²) < 4.78 is 36.7. The van der Waals surface area contributed by atoms with Crippen LogP contribution in [0.2, 0.25) is 0 Å². The Kier molecular flexibility index (Phi) is 7.28. The molecule has 1 amide bonds. The fraction of sp³-hybridized carbons (Fsp3) is 0.350. The molecule has 2 aromatic carbocycles. The lowest BCUT2D eigenvalue weighted by atomic mass is 10.2. The molecular weight excluding hydrogens is 380 g/mol. The van der Waals surface area contributed by atoms with E-state index in [1.54, 1.807) is 55.5 Å². The van der Waals surface area contributed by atoms with E-state index in [-0.39, 0.29) is 12.6 Å². The van der Waals surface area contributed by atoms with Gasteiger partial charge in [0.1, 0.15) is 18.0 Å². The first-order valence-corrected chi connectivity index (χ1v) is 10.8. The number of ether oxygens (including phenoxy) is 2. The maximum absolute atomic E-state index is 12.5. The van der Waals surface area contributed by atoms with Gasteiger partial charge in [0.05, 0.1) is 24.7 Å². The predicted octanol–water partition coefficient (Wildman–Crippen LogP) is 3.28. The van der Waals surface area contributed by atoms with Gasteiger partial charge in [0.2, 0.25) is 15.9 Å². The van der Waals surface area contributed by atoms with Crippen molar-refractivity contribution in [2.45, 2.75) is 26.9 Å². The number of nitrogens with one attached hydrogen (secondary N) is 1. The summed E-state index contributed by atoms with van der Waals surface area (Å²) in [7, 11) is -3.69. The van der Waals surface area contributed by atoms with Crippen molar-refractivity contribution in [2.75, 3.05) is 29.0 Å². The number of amides is 1. The van der Waals surface area contributed by atoms with E-state index in [1.807, 2.05) is 13.8 Å². The van der Waals surface area contributed by atoms with Crippen LogP contribution in [0.4, 0.5) is 11.4 Å². The number of nitrogens with zero attached hydrogens (tertiary/aromatic N) is 1. The average molecular weight is 407 g/mol. The van der Waals surface area contributed by atoms with Gasteiger partial charge < -0.3 is 14.8 Å². The minimum atomic E-state index is -3.69. The van der Waals surface area contributed by atoms with Crippen molar-refractivity contribution in [1.29, 1.82) is 0 Å². The zero-order valence-corrected chi connectivity index (χ0v) is 17.3. The zero-order chi connectivity index (χ0) is 20.7. The lowest BCUT2D eigenvalue weighted by molar-refractivity contribution is -0.114. The van der Waals surface area contributed by atoms with E-state index >= 15 is 0 Å². The minimum Gasteiger partial charge on any atom is -0.492 e. The summed E-state index contributed by atoms with van der Waals surface area (Å²) in [5, 5.41) is 2.70. The molecule has 0 aliphatic heterocycles. The number of hydrogen-bond donors (Lipinski definition) is 1. The molecule has 0 unspecified atom stereocenters. The monoisotopic (exact) mass is 406 g/mol. The molecule has 0 atom stereocenters. The van der Waals surface area contributed by atoms with Crippen molar-refractivity contribution in [2.24, 2.45) is 0 Å². The van der Waals surface area contributed by atoms with Crippen LogP contribution in [0, 0.1) is 0 Å². The number of sulfonamides is 1. The Hall–Kier alpha value is -2.74. The fourth-order valence-electron chi connectivity index (χ4n) is 2.54. The second-order valence-corrected chi connectivity index (χ2v) is 8.32. The van der Waals surface area contributed by atoms with Crippen LogP contribution < -0.4 is 19.1 Å². The minimum absolute atomic E-state index is 0.0502. The van der Waals surface area contributed by atoms with Crippen molar-refractivity contribution in [3.8, 4) is 11.5 Å². The van der Waals surface area contributed by atoms with Crippen LogP contribution in [0.25, 0.3) is 0 Å². The number of anilines is 2. The fourth-order valence-corrected chi connectivity index (χ4v) is 3.40. The quantitative estimate of drug-likeness (QED) is 0.691. The van der Waals surface area contributed by atoms with Gasteiger partial charge in [0.25, 0.3) is 0 Å². The van der Waals surface area contributed by atoms with Gasteiger partial charge in [-0.15, -0.1) is 0 Å². The molecule has 2 rings (SSSR count). The van der Waals surface area contributed by atoms with Crippen LogP contribution in [0.1, 0.15) is 20.8 Å². The third-order valence-corrected chi connectivity index (χ3v) is 4.76. The molecule has 152 valence electrons. The first-order chi connectivity index (χ1) is 13.2. The molecule has 0 radical (unpaired) electrons. The van der Waals surface area contributed by atoms with Gasteiger partial charge >= 0.3 is 0 Å². The highest BCUT2D eigenvalue weighted by molar-refractivity contribution is 7.92. The third-order valence-electron chi connectivity index (χ3n) is 3.63. The Labute approximate surface area is 166 Å². The van der Waals surface area contributed by atoms with E-state index in [2.05, 4.69) is 5.32 Å². The van der Waals surface area contributed by atoms with Crippen LogP contribution in [0.15, 0.2) is 48.5 Å². The summed E-state index contributed by atoms with van der Waals surface area (Å²) in [5.74, 6) is 0.629. The molecule has 0 saturated heterocycles. The van der Waals surface area contributed by atoms with E-state index in [9.17, 15) is 13.2 Å². The van der Waals surface area contributed by atoms with Gasteiger partial charge in [-0.25, -0.2) is 8.42 Å². The maximum Gasteiger partial charge on any atom is 0.245 e. The molecular formula is C20H26N2O5S. The van der Waals surface area contributed by atoms with Gasteiger partial charge in [-0.05, 0) is 57.2 Å². The number of para-hydroxylation sites is 2. The lowest BCUT2D eigenvalue weighted by Gasteiger charge is -2.24. The molecule has 28 heavy (non-hydrogen) atoms. The van der Waals surface area contributed by atoms with E-state index < -0.39 is 15.9 Å². The second-order valence-electron chi connectivity index (χ2n) is 6.41. The van der Waals surface area contributed by atoms with Crippen molar-refractivity contribution in [3.63, 3.8) is 0 Å². The molecule has 0 saturated carbocycles. The summed E-state index contributed by atoms with van der Waals surface area (Å²) in [6.45, 7) is 5.67. The molecule has 0 fully saturated rings. The van der Waals surface area contributed by atoms with Gasteiger partial charge in [-0.1, -0.05) is 12.1 Å². The van der Waals surface area contributed by atoms with Crippen LogP contribution in [0.3, 0.4) is 0 Å². The molecule has 7 nitrogen and oxygen atoms in total. The Bertz CT molecular complexity index is 895. The Morgan fingerprint density at radius 2 is 1.75 bits per heavy atom. The molecule has 2 aromatic rings. The molecule has 0 aliphatic rings. The SMILES string of the molecule is CCOc1ccccc1N(CC(=O)Nc1ccc(OC(C)C)cc1)S(C)(=O)=O. The van der Waals surface area contributed by atoms with Crippen molar-refractivity contribution in [1.82, 2.24) is 0 Å². The molecule has 0 heterocycles. The van der Waals surface area contributed by atoms with Crippen LogP contribution in [0.5, 0.6) is 11.5 Å². The summed E-state index contributed by atoms with van der Waals surface area (Å²) >= 11 is 0. The van der Waals surface area contributed by atoms with Gasteiger partial charge in [0.15, 0.2) is 0 Å². The molecule has 0 spiro atoms. The van der Waals surface area contributed by atoms with E-state index in [0.29, 0.717) is 29.5 Å². The van der Waals surface area contributed by atoms with Crippen molar-refractivity contribution >= 4 is 27.3 Å². The summed E-state index contributed by atoms with van der Waals surface area (Å²) in [5.41, 5.74) is 0.871. The van der Waals surface area contributed by atoms with Crippen LogP contribution in [-0.2, 0) is 14.8 Å². The number of benzene rings is 2. The smallest absolute Gasteiger partial charge is 0.245 e. The number of carbonyl (C=O) groups excluding carboxylic acids is 1. The Balaban J connectivity index is 2.16. The largest absolute Gasteiger partial charge is 0.492 e. The standard InChI is InChI=1S/C20H26N2O5S/c1-5-26-19-9-7-6-8-18(19)22(28(4,24)25)14-20(23)21-16-10-12-17(13-11-16)27-15(2)3/h6-13,15H,5,14H2,1-4H3,(H,21,23). The molecule has 0 aliphatic carbocycles. The topological polar surface area (TPSA) is 84.9 Å². The number of carbonyl (C=O) groups is 1.